The molecule has 0 spiro atoms. The first kappa shape index (κ1) is 25.2. The van der Waals surface area contributed by atoms with Crippen molar-refractivity contribution in [3.63, 3.8) is 0 Å². The number of rotatable bonds is 6. The number of nitrogens with zero attached hydrogens (tertiary/aromatic N) is 5. The molecule has 5 rings (SSSR count). The maximum Gasteiger partial charge on any atom is 0.253 e. The van der Waals surface area contributed by atoms with Gasteiger partial charge in [0.15, 0.2) is 5.82 Å². The summed E-state index contributed by atoms with van der Waals surface area (Å²) in [6, 6.07) is 17.9. The first-order valence-electron chi connectivity index (χ1n) is 12.6. The number of amides is 1. The molecule has 37 heavy (non-hydrogen) atoms. The van der Waals surface area contributed by atoms with Gasteiger partial charge >= 0.3 is 0 Å². The molecule has 9 nitrogen and oxygen atoms in total. The van der Waals surface area contributed by atoms with Gasteiger partial charge in [0, 0.05) is 50.4 Å². The van der Waals surface area contributed by atoms with Crippen LogP contribution in [0, 0.1) is 0 Å². The molecule has 0 aliphatic carbocycles. The van der Waals surface area contributed by atoms with Crippen LogP contribution in [-0.4, -0.2) is 80.1 Å². The third-order valence-corrected chi connectivity index (χ3v) is 8.87. The van der Waals surface area contributed by atoms with Crippen LogP contribution in [0.3, 0.4) is 0 Å². The molecule has 0 saturated carbocycles. The molecule has 2 aromatic carbocycles. The molecule has 2 aliphatic rings. The lowest BCUT2D eigenvalue weighted by Gasteiger charge is -2.35. The van der Waals surface area contributed by atoms with E-state index < -0.39 is 10.0 Å². The molecule has 1 aromatic heterocycles. The number of anilines is 1. The highest BCUT2D eigenvalue weighted by Gasteiger charge is 2.27. The maximum absolute atomic E-state index is 13.1. The number of aromatic nitrogens is 2. The predicted molar refractivity (Wildman–Crippen MR) is 141 cm³/mol. The second-order valence-electron chi connectivity index (χ2n) is 9.28. The Morgan fingerprint density at radius 3 is 2.22 bits per heavy atom. The van der Waals surface area contributed by atoms with Gasteiger partial charge in [-0.25, -0.2) is 8.42 Å². The van der Waals surface area contributed by atoms with Crippen LogP contribution in [-0.2, 0) is 10.0 Å². The van der Waals surface area contributed by atoms with Gasteiger partial charge in [0.1, 0.15) is 5.75 Å². The van der Waals surface area contributed by atoms with Crippen molar-refractivity contribution in [3.8, 4) is 17.0 Å². The quantitative estimate of drug-likeness (QED) is 0.491. The average molecular weight is 522 g/mol. The van der Waals surface area contributed by atoms with E-state index in [4.69, 9.17) is 4.74 Å². The van der Waals surface area contributed by atoms with Gasteiger partial charge in [-0.05, 0) is 61.4 Å². The molecular formula is C27H31N5O4S. The summed E-state index contributed by atoms with van der Waals surface area (Å²) in [7, 11) is -1.88. The van der Waals surface area contributed by atoms with Gasteiger partial charge in [-0.3, -0.25) is 4.79 Å². The van der Waals surface area contributed by atoms with E-state index in [0.717, 1.165) is 42.1 Å². The molecular weight excluding hydrogens is 490 g/mol. The molecule has 194 valence electrons. The number of hydrogen-bond donors (Lipinski definition) is 0. The number of hydrogen-bond acceptors (Lipinski definition) is 7. The van der Waals surface area contributed by atoms with Gasteiger partial charge in [-0.1, -0.05) is 18.6 Å². The van der Waals surface area contributed by atoms with E-state index in [-0.39, 0.29) is 10.8 Å². The summed E-state index contributed by atoms with van der Waals surface area (Å²) in [5.41, 5.74) is 2.19. The van der Waals surface area contributed by atoms with Crippen LogP contribution in [0.5, 0.6) is 5.75 Å². The minimum Gasteiger partial charge on any atom is -0.497 e. The zero-order chi connectivity index (χ0) is 25.8. The summed E-state index contributed by atoms with van der Waals surface area (Å²) in [6.07, 6.45) is 2.84. The molecule has 10 heteroatoms. The number of piperidine rings is 1. The molecule has 2 saturated heterocycles. The predicted octanol–water partition coefficient (Wildman–Crippen LogP) is 3.29. The number of carbonyl (C=O) groups excluding carboxylic acids is 1. The van der Waals surface area contributed by atoms with Crippen molar-refractivity contribution in [2.24, 2.45) is 0 Å². The largest absolute Gasteiger partial charge is 0.497 e. The van der Waals surface area contributed by atoms with Crippen molar-refractivity contribution in [3.05, 3.63) is 66.2 Å². The van der Waals surface area contributed by atoms with E-state index in [2.05, 4.69) is 15.1 Å². The Kier molecular flexibility index (Phi) is 7.38. The average Bonchev–Trinajstić information content (AvgIpc) is 2.97. The van der Waals surface area contributed by atoms with Crippen LogP contribution in [0.25, 0.3) is 11.3 Å². The molecule has 0 unspecified atom stereocenters. The highest BCUT2D eigenvalue weighted by molar-refractivity contribution is 7.89. The van der Waals surface area contributed by atoms with E-state index in [1.807, 2.05) is 36.4 Å². The zero-order valence-corrected chi connectivity index (χ0v) is 21.7. The van der Waals surface area contributed by atoms with Gasteiger partial charge < -0.3 is 14.5 Å². The Bertz CT molecular complexity index is 1330. The van der Waals surface area contributed by atoms with Gasteiger partial charge in [-0.2, -0.15) is 4.31 Å². The van der Waals surface area contributed by atoms with Crippen molar-refractivity contribution in [2.45, 2.75) is 24.2 Å². The molecule has 0 bridgehead atoms. The topological polar surface area (TPSA) is 95.9 Å². The number of benzene rings is 2. The fourth-order valence-corrected chi connectivity index (χ4v) is 6.29. The van der Waals surface area contributed by atoms with Crippen LogP contribution < -0.4 is 9.64 Å². The first-order chi connectivity index (χ1) is 18.0. The van der Waals surface area contributed by atoms with Gasteiger partial charge in [0.2, 0.25) is 10.0 Å². The summed E-state index contributed by atoms with van der Waals surface area (Å²) in [4.78, 5) is 17.2. The lowest BCUT2D eigenvalue weighted by molar-refractivity contribution is 0.0746. The van der Waals surface area contributed by atoms with Crippen molar-refractivity contribution in [1.29, 1.82) is 0 Å². The Balaban J connectivity index is 1.19. The van der Waals surface area contributed by atoms with Crippen LogP contribution in [0.2, 0.25) is 0 Å². The molecule has 2 fully saturated rings. The third-order valence-electron chi connectivity index (χ3n) is 6.96. The second kappa shape index (κ2) is 10.9. The van der Waals surface area contributed by atoms with Gasteiger partial charge in [-0.15, -0.1) is 10.2 Å². The van der Waals surface area contributed by atoms with Crippen LogP contribution in [0.4, 0.5) is 5.82 Å². The molecule has 0 radical (unpaired) electrons. The molecule has 0 atom stereocenters. The van der Waals surface area contributed by atoms with Crippen LogP contribution in [0.15, 0.2) is 65.6 Å². The summed E-state index contributed by atoms with van der Waals surface area (Å²) in [5.74, 6) is 1.44. The second-order valence-corrected chi connectivity index (χ2v) is 11.2. The lowest BCUT2D eigenvalue weighted by Crippen LogP contribution is -2.49. The van der Waals surface area contributed by atoms with E-state index >= 15 is 0 Å². The third kappa shape index (κ3) is 5.45. The van der Waals surface area contributed by atoms with E-state index in [1.54, 1.807) is 40.6 Å². The summed E-state index contributed by atoms with van der Waals surface area (Å²) in [5, 5.41) is 8.79. The van der Waals surface area contributed by atoms with E-state index in [1.165, 1.54) is 0 Å². The fourth-order valence-electron chi connectivity index (χ4n) is 4.78. The van der Waals surface area contributed by atoms with Crippen molar-refractivity contribution < 1.29 is 17.9 Å². The normalized spacial score (nSPS) is 17.0. The highest BCUT2D eigenvalue weighted by atomic mass is 32.2. The molecule has 3 heterocycles. The standard InChI is InChI=1S/C27H31N5O4S/c1-36-23-7-5-6-22(20-23)25-12-13-26(29-28-25)30-16-18-31(19-17-30)27(33)21-8-10-24(11-9-21)37(34,35)32-14-3-2-4-15-32/h5-13,20H,2-4,14-19H2,1H3. The first-order valence-corrected chi connectivity index (χ1v) is 14.0. The van der Waals surface area contributed by atoms with Crippen molar-refractivity contribution in [2.75, 3.05) is 51.3 Å². The summed E-state index contributed by atoms with van der Waals surface area (Å²) < 4.78 is 32.6. The Labute approximate surface area is 217 Å². The summed E-state index contributed by atoms with van der Waals surface area (Å²) in [6.45, 7) is 3.49. The molecule has 3 aromatic rings. The van der Waals surface area contributed by atoms with Crippen molar-refractivity contribution >= 4 is 21.7 Å². The van der Waals surface area contributed by atoms with Gasteiger partial charge in [0.25, 0.3) is 5.91 Å². The minimum absolute atomic E-state index is 0.0963. The van der Waals surface area contributed by atoms with Crippen LogP contribution >= 0.6 is 0 Å². The van der Waals surface area contributed by atoms with Gasteiger partial charge in [0.05, 0.1) is 17.7 Å². The highest BCUT2D eigenvalue weighted by Crippen LogP contribution is 2.24. The number of ether oxygens (including phenoxy) is 1. The maximum atomic E-state index is 13.1. The number of piperazine rings is 1. The van der Waals surface area contributed by atoms with Crippen LogP contribution in [0.1, 0.15) is 29.6 Å². The molecule has 2 aliphatic heterocycles. The SMILES string of the molecule is COc1cccc(-c2ccc(N3CCN(C(=O)c4ccc(S(=O)(=O)N5CCCCC5)cc4)CC3)nn2)c1. The lowest BCUT2D eigenvalue weighted by atomic mass is 10.1. The smallest absolute Gasteiger partial charge is 0.253 e. The monoisotopic (exact) mass is 521 g/mol. The van der Waals surface area contributed by atoms with E-state index in [0.29, 0.717) is 44.8 Å². The minimum atomic E-state index is -3.51. The number of methoxy groups -OCH3 is 1. The zero-order valence-electron chi connectivity index (χ0n) is 20.9. The van der Waals surface area contributed by atoms with E-state index in [9.17, 15) is 13.2 Å². The Morgan fingerprint density at radius 1 is 0.838 bits per heavy atom. The Hall–Kier alpha value is -3.50. The number of carbonyl (C=O) groups is 1. The van der Waals surface area contributed by atoms with Crippen molar-refractivity contribution in [1.82, 2.24) is 19.4 Å². The Morgan fingerprint density at radius 2 is 1.57 bits per heavy atom. The summed E-state index contributed by atoms with van der Waals surface area (Å²) >= 11 is 0. The number of sulfonamides is 1. The molecule has 0 N–H and O–H groups in total. The fraction of sp³-hybridized carbons (Fsp3) is 0.370. The molecule has 1 amide bonds.